The largest absolute Gasteiger partial charge is 0.366 e. The zero-order chi connectivity index (χ0) is 17.3. The number of halogens is 1. The molecule has 0 spiro atoms. The molecule has 1 aliphatic rings. The molecule has 3 rings (SSSR count). The van der Waals surface area contributed by atoms with Gasteiger partial charge in [-0.3, -0.25) is 9.78 Å². The van der Waals surface area contributed by atoms with Gasteiger partial charge in [-0.2, -0.15) is 5.26 Å². The number of aryl methyl sites for hydroxylation is 1. The Hall–Kier alpha value is -2.58. The Morgan fingerprint density at radius 2 is 2.29 bits per heavy atom. The first-order chi connectivity index (χ1) is 11.5. The number of hydrogen-bond acceptors (Lipinski definition) is 4. The van der Waals surface area contributed by atoms with Gasteiger partial charge in [-0.05, 0) is 36.8 Å². The van der Waals surface area contributed by atoms with Crippen LogP contribution in [0.5, 0.6) is 0 Å². The number of carbonyl (C=O) groups excluding carboxylic acids is 1. The lowest BCUT2D eigenvalue weighted by molar-refractivity contribution is -0.127. The van der Waals surface area contributed by atoms with E-state index in [4.69, 9.17) is 11.6 Å². The number of amides is 1. The molecule has 1 unspecified atom stereocenters. The highest BCUT2D eigenvalue weighted by atomic mass is 35.5. The Morgan fingerprint density at radius 1 is 1.50 bits per heavy atom. The van der Waals surface area contributed by atoms with Gasteiger partial charge in [-0.15, -0.1) is 0 Å². The molecule has 1 amide bonds. The van der Waals surface area contributed by atoms with E-state index in [1.807, 2.05) is 31.3 Å². The first-order valence-electron chi connectivity index (χ1n) is 7.67. The van der Waals surface area contributed by atoms with Crippen molar-refractivity contribution in [2.75, 3.05) is 24.5 Å². The monoisotopic (exact) mass is 340 g/mol. The number of benzene rings is 1. The van der Waals surface area contributed by atoms with Gasteiger partial charge < -0.3 is 9.80 Å². The number of rotatable bonds is 2. The zero-order valence-corrected chi connectivity index (χ0v) is 14.1. The molecule has 122 valence electrons. The normalized spacial score (nSPS) is 17.6. The number of pyridine rings is 1. The van der Waals surface area contributed by atoms with Crippen molar-refractivity contribution in [2.45, 2.75) is 13.0 Å². The lowest BCUT2D eigenvalue weighted by Gasteiger charge is -2.39. The SMILES string of the molecule is C=CC(=O)N1CCN(c2c(C)cnc3cc(Cl)ccc23)CC1C#N. The number of aromatic nitrogens is 1. The fourth-order valence-corrected chi connectivity index (χ4v) is 3.32. The predicted octanol–water partition coefficient (Wildman–Crippen LogP) is 2.92. The van der Waals surface area contributed by atoms with Crippen LogP contribution in [0.1, 0.15) is 5.56 Å². The molecule has 0 radical (unpaired) electrons. The van der Waals surface area contributed by atoms with E-state index in [0.29, 0.717) is 24.7 Å². The fraction of sp³-hybridized carbons (Fsp3) is 0.278. The number of fused-ring (bicyclic) bond motifs is 1. The summed E-state index contributed by atoms with van der Waals surface area (Å²) < 4.78 is 0. The molecule has 2 heterocycles. The summed E-state index contributed by atoms with van der Waals surface area (Å²) in [4.78, 5) is 20.1. The van der Waals surface area contributed by atoms with E-state index < -0.39 is 6.04 Å². The van der Waals surface area contributed by atoms with E-state index >= 15 is 0 Å². The minimum absolute atomic E-state index is 0.204. The van der Waals surface area contributed by atoms with Gasteiger partial charge in [0.15, 0.2) is 0 Å². The van der Waals surface area contributed by atoms with Crippen LogP contribution in [0.25, 0.3) is 10.9 Å². The van der Waals surface area contributed by atoms with Crippen molar-refractivity contribution in [2.24, 2.45) is 0 Å². The molecule has 0 bridgehead atoms. The third-order valence-electron chi connectivity index (χ3n) is 4.29. The molecule has 5 nitrogen and oxygen atoms in total. The Labute approximate surface area is 145 Å². The van der Waals surface area contributed by atoms with E-state index in [0.717, 1.165) is 22.2 Å². The standard InChI is InChI=1S/C18H17ClN4O/c1-3-17(24)23-7-6-22(11-14(23)9-20)18-12(2)10-21-16-8-13(19)4-5-15(16)18/h3-5,8,10,14H,1,6-7,11H2,2H3. The van der Waals surface area contributed by atoms with Gasteiger partial charge in [0.05, 0.1) is 23.8 Å². The number of piperazine rings is 1. The summed E-state index contributed by atoms with van der Waals surface area (Å²) in [6.07, 6.45) is 3.08. The van der Waals surface area contributed by atoms with Crippen LogP contribution in [0.4, 0.5) is 5.69 Å². The van der Waals surface area contributed by atoms with Crippen molar-refractivity contribution in [3.63, 3.8) is 0 Å². The molecule has 1 fully saturated rings. The van der Waals surface area contributed by atoms with E-state index in [2.05, 4.69) is 22.5 Å². The van der Waals surface area contributed by atoms with E-state index in [1.54, 1.807) is 4.90 Å². The van der Waals surface area contributed by atoms with Crippen LogP contribution in [-0.2, 0) is 4.79 Å². The summed E-state index contributed by atoms with van der Waals surface area (Å²) in [6, 6.07) is 7.35. The van der Waals surface area contributed by atoms with E-state index in [1.165, 1.54) is 6.08 Å². The van der Waals surface area contributed by atoms with Crippen LogP contribution in [0.3, 0.4) is 0 Å². The third-order valence-corrected chi connectivity index (χ3v) is 4.52. The first kappa shape index (κ1) is 16.3. The molecule has 1 aliphatic heterocycles. The molecule has 1 aromatic heterocycles. The lowest BCUT2D eigenvalue weighted by atomic mass is 10.1. The highest BCUT2D eigenvalue weighted by Crippen LogP contribution is 2.32. The van der Waals surface area contributed by atoms with Crippen LogP contribution in [0, 0.1) is 18.3 Å². The van der Waals surface area contributed by atoms with E-state index in [9.17, 15) is 10.1 Å². The summed E-state index contributed by atoms with van der Waals surface area (Å²) in [5.74, 6) is -0.204. The molecule has 1 atom stereocenters. The van der Waals surface area contributed by atoms with Crippen molar-refractivity contribution in [3.05, 3.63) is 47.6 Å². The summed E-state index contributed by atoms with van der Waals surface area (Å²) in [6.45, 7) is 7.11. The summed E-state index contributed by atoms with van der Waals surface area (Å²) >= 11 is 6.06. The van der Waals surface area contributed by atoms with Crippen LogP contribution in [-0.4, -0.2) is 41.5 Å². The maximum Gasteiger partial charge on any atom is 0.247 e. The first-order valence-corrected chi connectivity index (χ1v) is 8.05. The molecule has 0 N–H and O–H groups in total. The smallest absolute Gasteiger partial charge is 0.247 e. The van der Waals surface area contributed by atoms with Crippen molar-refractivity contribution < 1.29 is 4.79 Å². The van der Waals surface area contributed by atoms with Gasteiger partial charge >= 0.3 is 0 Å². The van der Waals surface area contributed by atoms with Crippen LogP contribution in [0.15, 0.2) is 37.1 Å². The average Bonchev–Trinajstić information content (AvgIpc) is 2.60. The van der Waals surface area contributed by atoms with E-state index in [-0.39, 0.29) is 5.91 Å². The van der Waals surface area contributed by atoms with Crippen LogP contribution < -0.4 is 4.90 Å². The molecular formula is C18H17ClN4O. The number of carbonyl (C=O) groups is 1. The Balaban J connectivity index is 2.00. The Morgan fingerprint density at radius 3 is 3.00 bits per heavy atom. The molecule has 2 aromatic rings. The molecule has 1 aromatic carbocycles. The van der Waals surface area contributed by atoms with Gasteiger partial charge in [0, 0.05) is 29.7 Å². The second-order valence-electron chi connectivity index (χ2n) is 5.78. The highest BCUT2D eigenvalue weighted by Gasteiger charge is 2.30. The lowest BCUT2D eigenvalue weighted by Crippen LogP contribution is -2.54. The van der Waals surface area contributed by atoms with Gasteiger partial charge in [-0.1, -0.05) is 18.2 Å². The van der Waals surface area contributed by atoms with Gasteiger partial charge in [0.1, 0.15) is 6.04 Å². The highest BCUT2D eigenvalue weighted by molar-refractivity contribution is 6.31. The van der Waals surface area contributed by atoms with Crippen molar-refractivity contribution in [3.8, 4) is 6.07 Å². The quantitative estimate of drug-likeness (QED) is 0.789. The Kier molecular flexibility index (Phi) is 4.41. The third kappa shape index (κ3) is 2.81. The molecule has 0 saturated carbocycles. The molecule has 6 heteroatoms. The fourth-order valence-electron chi connectivity index (χ4n) is 3.15. The summed E-state index contributed by atoms with van der Waals surface area (Å²) in [5, 5.41) is 11.1. The van der Waals surface area contributed by atoms with Crippen molar-refractivity contribution in [1.82, 2.24) is 9.88 Å². The maximum atomic E-state index is 11.9. The summed E-state index contributed by atoms with van der Waals surface area (Å²) in [7, 11) is 0. The van der Waals surface area contributed by atoms with Crippen molar-refractivity contribution >= 4 is 34.1 Å². The number of nitriles is 1. The van der Waals surface area contributed by atoms with Crippen LogP contribution in [0.2, 0.25) is 5.02 Å². The number of anilines is 1. The predicted molar refractivity (Wildman–Crippen MR) is 95.0 cm³/mol. The minimum atomic E-state index is -0.501. The van der Waals surface area contributed by atoms with Gasteiger partial charge in [-0.25, -0.2) is 0 Å². The minimum Gasteiger partial charge on any atom is -0.366 e. The summed E-state index contributed by atoms with van der Waals surface area (Å²) in [5.41, 5.74) is 2.90. The van der Waals surface area contributed by atoms with Gasteiger partial charge in [0.2, 0.25) is 5.91 Å². The number of hydrogen-bond donors (Lipinski definition) is 0. The molecular weight excluding hydrogens is 324 g/mol. The zero-order valence-electron chi connectivity index (χ0n) is 13.4. The Bertz CT molecular complexity index is 858. The van der Waals surface area contributed by atoms with Crippen molar-refractivity contribution in [1.29, 1.82) is 5.26 Å². The average molecular weight is 341 g/mol. The molecule has 0 aliphatic carbocycles. The van der Waals surface area contributed by atoms with Gasteiger partial charge in [0.25, 0.3) is 0 Å². The molecule has 24 heavy (non-hydrogen) atoms. The molecule has 1 saturated heterocycles. The second kappa shape index (κ2) is 6.50. The number of nitrogens with zero attached hydrogens (tertiary/aromatic N) is 4. The maximum absolute atomic E-state index is 11.9. The van der Waals surface area contributed by atoms with Crippen LogP contribution >= 0.6 is 11.6 Å². The topological polar surface area (TPSA) is 60.2 Å². The second-order valence-corrected chi connectivity index (χ2v) is 6.21.